The molecule has 0 atom stereocenters. The van der Waals surface area contributed by atoms with Gasteiger partial charge < -0.3 is 11.1 Å². The first-order chi connectivity index (χ1) is 55.2. The maximum atomic E-state index is 11.7. The van der Waals surface area contributed by atoms with Crippen molar-refractivity contribution in [2.45, 2.75) is 471 Å². The molecule has 4 aromatic carbocycles. The third kappa shape index (κ3) is 46.6. The fourth-order valence-corrected chi connectivity index (χ4v) is 17.4. The number of unbranched alkanes of at least 4 members (excludes halogenated alkanes) is 47. The van der Waals surface area contributed by atoms with Crippen molar-refractivity contribution in [1.29, 1.82) is 0 Å². The minimum absolute atomic E-state index is 0. The van der Waals surface area contributed by atoms with Crippen LogP contribution in [-0.2, 0) is 56.6 Å². The Balaban J connectivity index is 0.000000438. The smallest absolute Gasteiger partial charge is 0.493 e. The molecular weight excluding hydrogens is 1460 g/mol. The fraction of sp³-hybridized carbons (Fsp3) is 0.682. The molecule has 642 valence electrons. The van der Waals surface area contributed by atoms with E-state index >= 15 is 0 Å². The Bertz CT molecular complexity index is 3070. The summed E-state index contributed by atoms with van der Waals surface area (Å²) in [6.45, 7) is 20.4. The maximum absolute atomic E-state index is 11.7. The Morgan fingerprint density at radius 3 is 0.876 bits per heavy atom. The zero-order valence-electron chi connectivity index (χ0n) is 75.1. The van der Waals surface area contributed by atoms with Gasteiger partial charge in [0.05, 0.1) is 5.57 Å². The summed E-state index contributed by atoms with van der Waals surface area (Å²) in [4.78, 5) is 0. The summed E-state index contributed by atoms with van der Waals surface area (Å²) < 4.78 is 2.94. The van der Waals surface area contributed by atoms with Gasteiger partial charge >= 0.3 is 166 Å². The summed E-state index contributed by atoms with van der Waals surface area (Å²) in [7, 11) is 0. The average molecular weight is 1630 g/mol. The minimum Gasteiger partial charge on any atom is -0.493 e. The fourth-order valence-electron chi connectivity index (χ4n) is 16.1. The molecule has 0 unspecified atom stereocenters. The molecule has 4 aromatic rings. The molecule has 4 nitrogen and oxygen atoms in total. The molecule has 2 aliphatic rings. The second-order valence-corrected chi connectivity index (χ2v) is 35.3. The molecule has 0 aromatic heterocycles. The molecule has 0 spiro atoms. The van der Waals surface area contributed by atoms with Crippen LogP contribution in [0.1, 0.15) is 479 Å². The van der Waals surface area contributed by atoms with Crippen LogP contribution in [0.2, 0.25) is 10.8 Å². The van der Waals surface area contributed by atoms with Crippen LogP contribution >= 0.6 is 0 Å². The van der Waals surface area contributed by atoms with E-state index in [1.807, 2.05) is 14.4 Å². The van der Waals surface area contributed by atoms with Crippen LogP contribution in [0.15, 0.2) is 132 Å². The summed E-state index contributed by atoms with van der Waals surface area (Å²) in [6, 6.07) is 35.6. The third-order valence-electron chi connectivity index (χ3n) is 23.5. The van der Waals surface area contributed by atoms with Gasteiger partial charge in [-0.1, -0.05) is 290 Å². The van der Waals surface area contributed by atoms with Crippen LogP contribution in [0.4, 0.5) is 0 Å². The summed E-state index contributed by atoms with van der Waals surface area (Å²) >= 11 is 2.04. The van der Waals surface area contributed by atoms with E-state index < -0.39 is 0 Å². The Hall–Kier alpha value is -4.23. The molecular formula is C107H174N4Ni2. The van der Waals surface area contributed by atoms with Crippen LogP contribution in [-0.4, -0.2) is 9.39 Å². The number of hydrogen-bond acceptors (Lipinski definition) is 0. The molecule has 2 aliphatic heterocycles. The Morgan fingerprint density at radius 1 is 0.257 bits per heavy atom. The number of benzene rings is 4. The predicted octanol–water partition coefficient (Wildman–Crippen LogP) is 36.8. The molecule has 0 bridgehead atoms. The van der Waals surface area contributed by atoms with Crippen LogP contribution < -0.4 is 0 Å². The molecule has 0 saturated carbocycles. The summed E-state index contributed by atoms with van der Waals surface area (Å²) in [5.41, 5.74) is 40.6. The van der Waals surface area contributed by atoms with Crippen molar-refractivity contribution in [3.8, 4) is 0 Å². The first-order valence-corrected chi connectivity index (χ1v) is 50.0. The quantitative estimate of drug-likeness (QED) is 0.0240. The van der Waals surface area contributed by atoms with E-state index in [4.69, 9.17) is 0 Å². The van der Waals surface area contributed by atoms with E-state index in [9.17, 15) is 11.1 Å². The van der Waals surface area contributed by atoms with Gasteiger partial charge in [0.1, 0.15) is 0 Å². The molecule has 0 radical (unpaired) electrons. The van der Waals surface area contributed by atoms with Gasteiger partial charge in [0.2, 0.25) is 22.8 Å². The topological polar surface area (TPSA) is 50.6 Å². The molecule has 0 amide bonds. The second kappa shape index (κ2) is 71.8. The van der Waals surface area contributed by atoms with Gasteiger partial charge in [-0.15, -0.1) is 0 Å². The second-order valence-electron chi connectivity index (χ2n) is 33.8. The van der Waals surface area contributed by atoms with Crippen LogP contribution in [0.3, 0.4) is 0 Å². The van der Waals surface area contributed by atoms with E-state index in [2.05, 4.69) is 178 Å². The minimum atomic E-state index is 0. The molecule has 0 aliphatic carbocycles. The molecule has 0 saturated heterocycles. The van der Waals surface area contributed by atoms with Gasteiger partial charge in [-0.05, 0) is 161 Å². The Kier molecular flexibility index (Phi) is 65.5. The molecule has 0 N–H and O–H groups in total. The van der Waals surface area contributed by atoms with E-state index in [0.717, 1.165) is 109 Å². The number of hydrogen-bond donors (Lipinski definition) is 0. The van der Waals surface area contributed by atoms with Gasteiger partial charge in [-0.2, -0.15) is 0 Å². The molecule has 6 rings (SSSR count). The van der Waals surface area contributed by atoms with Gasteiger partial charge in [-0.3, -0.25) is 0 Å². The SMILES string of the molecule is CCCCCC=CC1=C(c2ccc(CCCC)cc2)[N+](=[N-])C(c2ccc(CCCC)cc2)=C1CCCC.CCCCCCCCCCCCCCCC[CH2][Ni][CH2]CCCCCCCCCCCCCCCC.CCCCCCCCc1ccc(C2=CC(CCCCCC)=C(c3ccc(CCCCCCCC)cc3)[N+]2=[N-])cc1.[Ni]. The third-order valence-corrected chi connectivity index (χ3v) is 24.9. The van der Waals surface area contributed by atoms with Crippen LogP contribution in [0.5, 0.6) is 0 Å². The van der Waals surface area contributed by atoms with Gasteiger partial charge in [0.25, 0.3) is 0 Å². The normalized spacial score (nSPS) is 12.9. The number of nitrogens with zero attached hydrogens (tertiary/aromatic N) is 4. The predicted molar refractivity (Wildman–Crippen MR) is 494 cm³/mol. The first kappa shape index (κ1) is 103. The first-order valence-electron chi connectivity index (χ1n) is 48.6. The van der Waals surface area contributed by atoms with Crippen molar-refractivity contribution in [3.05, 3.63) is 188 Å². The number of rotatable bonds is 69. The van der Waals surface area contributed by atoms with Crippen LogP contribution in [0.25, 0.3) is 33.9 Å². The van der Waals surface area contributed by atoms with Crippen molar-refractivity contribution in [3.63, 3.8) is 0 Å². The van der Waals surface area contributed by atoms with E-state index in [-0.39, 0.29) is 16.5 Å². The van der Waals surface area contributed by atoms with E-state index in [1.165, 1.54) is 393 Å². The van der Waals surface area contributed by atoms with Crippen molar-refractivity contribution in [2.24, 2.45) is 0 Å². The van der Waals surface area contributed by atoms with Gasteiger partial charge in [0.15, 0.2) is 0 Å². The van der Waals surface area contributed by atoms with Crippen molar-refractivity contribution in [1.82, 2.24) is 0 Å². The Labute approximate surface area is 716 Å². The summed E-state index contributed by atoms with van der Waals surface area (Å²) in [5, 5.41) is 2.87. The van der Waals surface area contributed by atoms with Gasteiger partial charge in [-0.25, -0.2) is 9.39 Å². The summed E-state index contributed by atoms with van der Waals surface area (Å²) in [6.07, 6.45) is 90.3. The van der Waals surface area contributed by atoms with Gasteiger partial charge in [0, 0.05) is 56.0 Å². The molecule has 0 fully saturated rings. The van der Waals surface area contributed by atoms with Crippen LogP contribution in [0, 0.1) is 0 Å². The number of aryl methyl sites for hydroxylation is 4. The van der Waals surface area contributed by atoms with Crippen molar-refractivity contribution in [2.75, 3.05) is 0 Å². The number of allylic oxidation sites excluding steroid dienone is 6. The Morgan fingerprint density at radius 2 is 0.522 bits per heavy atom. The molecule has 2 heterocycles. The van der Waals surface area contributed by atoms with Crippen molar-refractivity contribution < 1.29 is 40.3 Å². The van der Waals surface area contributed by atoms with Crippen molar-refractivity contribution >= 4 is 22.8 Å². The molecule has 113 heavy (non-hydrogen) atoms. The van der Waals surface area contributed by atoms with E-state index in [0.29, 0.717) is 0 Å². The summed E-state index contributed by atoms with van der Waals surface area (Å²) in [5.74, 6) is 0. The standard InChI is InChI=1S/C38H56N2.C35H48N2.2C17H35.2Ni/c1-4-7-10-13-15-17-20-32-23-27-34(28-24-32)37-31-36(22-19-12-9-6-3)38(40(37)39)35-29-25-33(26-30-35)21-18-16-14-11-8-5-2;1-5-9-13-14-15-19-33-32(18-12-8-4)34(30-24-20-28(21-25-30)16-10-6-2)37(36)35(33)31-26-22-29(23-27-31)17-11-7-3;2*1-3-5-7-9-11-13-15-17-16-14-12-10-8-6-4-2;;/h23-31H,4-22H2,1-3H3;15,19-27H,5-14,16-18H2,1-4H3;2*1,3-17H2,2H3;;. The monoisotopic (exact) mass is 1630 g/mol. The van der Waals surface area contributed by atoms with E-state index in [1.54, 1.807) is 0 Å². The zero-order chi connectivity index (χ0) is 80.2. The molecule has 6 heteroatoms. The zero-order valence-corrected chi connectivity index (χ0v) is 77.1. The average Bonchev–Trinajstić information content (AvgIpc) is 1.72.